The van der Waals surface area contributed by atoms with E-state index in [1.54, 1.807) is 4.90 Å². The Kier molecular flexibility index (Phi) is 4.37. The molecule has 1 N–H and O–H groups in total. The molecule has 1 heterocycles. The molecule has 0 aliphatic carbocycles. The first kappa shape index (κ1) is 14.2. The van der Waals surface area contributed by atoms with Crippen LogP contribution in [0.25, 0.3) is 0 Å². The van der Waals surface area contributed by atoms with Gasteiger partial charge >= 0.3 is 12.1 Å². The van der Waals surface area contributed by atoms with Crippen molar-refractivity contribution in [3.8, 4) is 0 Å². The molecular weight excluding hydrogens is 237 g/mol. The molecule has 1 aliphatic heterocycles. The van der Waals surface area contributed by atoms with Crippen molar-refractivity contribution in [2.75, 3.05) is 33.2 Å². The molecule has 0 amide bonds. The highest BCUT2D eigenvalue weighted by Gasteiger charge is 2.46. The van der Waals surface area contributed by atoms with Crippen molar-refractivity contribution in [2.24, 2.45) is 5.92 Å². The van der Waals surface area contributed by atoms with E-state index < -0.39 is 24.6 Å². The van der Waals surface area contributed by atoms with Gasteiger partial charge in [-0.3, -0.25) is 9.69 Å². The van der Waals surface area contributed by atoms with Crippen molar-refractivity contribution in [3.63, 3.8) is 0 Å². The Labute approximate surface area is 98.0 Å². The van der Waals surface area contributed by atoms with Gasteiger partial charge in [0.05, 0.1) is 0 Å². The number of hydrogen-bond acceptors (Lipinski definition) is 3. The highest BCUT2D eigenvalue weighted by Crippen LogP contribution is 2.28. The van der Waals surface area contributed by atoms with Crippen molar-refractivity contribution in [3.05, 3.63) is 0 Å². The number of likely N-dealkylation sites (N-methyl/N-ethyl adjacent to an activating group) is 1. The standard InChI is InChI=1S/C10H17F3N2O2/c1-7-5-14(2)3-4-15(7)6-8(9(16)17)10(11,12)13/h7-8H,3-6H2,1-2H3,(H,16,17). The van der Waals surface area contributed by atoms with E-state index in [4.69, 9.17) is 5.11 Å². The second-order valence-corrected chi connectivity index (χ2v) is 4.54. The first-order valence-corrected chi connectivity index (χ1v) is 5.44. The summed E-state index contributed by atoms with van der Waals surface area (Å²) < 4.78 is 37.5. The summed E-state index contributed by atoms with van der Waals surface area (Å²) >= 11 is 0. The Morgan fingerprint density at radius 2 is 2.06 bits per heavy atom. The number of carboxylic acids is 1. The molecule has 0 saturated carbocycles. The lowest BCUT2D eigenvalue weighted by Gasteiger charge is -2.39. The second kappa shape index (κ2) is 5.22. The number of hydrogen-bond donors (Lipinski definition) is 1. The average molecular weight is 254 g/mol. The minimum atomic E-state index is -4.69. The quantitative estimate of drug-likeness (QED) is 0.812. The lowest BCUT2D eigenvalue weighted by Crippen LogP contribution is -2.54. The number of carbonyl (C=O) groups is 1. The molecule has 17 heavy (non-hydrogen) atoms. The smallest absolute Gasteiger partial charge is 0.403 e. The highest BCUT2D eigenvalue weighted by molar-refractivity contribution is 5.71. The van der Waals surface area contributed by atoms with Crippen LogP contribution in [0.5, 0.6) is 0 Å². The SMILES string of the molecule is CC1CN(C)CCN1CC(C(=O)O)C(F)(F)F. The molecule has 1 fully saturated rings. The van der Waals surface area contributed by atoms with Gasteiger partial charge in [-0.25, -0.2) is 0 Å². The molecule has 7 heteroatoms. The zero-order chi connectivity index (χ0) is 13.2. The normalized spacial score (nSPS) is 25.8. The molecule has 1 rings (SSSR count). The average Bonchev–Trinajstić information content (AvgIpc) is 2.13. The van der Waals surface area contributed by atoms with Gasteiger partial charge in [-0.15, -0.1) is 0 Å². The van der Waals surface area contributed by atoms with E-state index in [0.717, 1.165) is 0 Å². The van der Waals surface area contributed by atoms with Crippen molar-refractivity contribution < 1.29 is 23.1 Å². The molecule has 1 saturated heterocycles. The van der Waals surface area contributed by atoms with Gasteiger partial charge in [0.15, 0.2) is 5.92 Å². The summed E-state index contributed by atoms with van der Waals surface area (Å²) in [5.41, 5.74) is 0. The van der Waals surface area contributed by atoms with Crippen LogP contribution < -0.4 is 0 Å². The molecule has 1 aliphatic rings. The first-order valence-electron chi connectivity index (χ1n) is 5.44. The molecule has 100 valence electrons. The van der Waals surface area contributed by atoms with Crippen molar-refractivity contribution in [1.29, 1.82) is 0 Å². The van der Waals surface area contributed by atoms with E-state index in [1.807, 2.05) is 18.9 Å². The van der Waals surface area contributed by atoms with Gasteiger partial charge < -0.3 is 10.0 Å². The van der Waals surface area contributed by atoms with Crippen LogP contribution in [0.3, 0.4) is 0 Å². The number of aliphatic carboxylic acids is 1. The summed E-state index contributed by atoms with van der Waals surface area (Å²) in [7, 11) is 1.90. The van der Waals surface area contributed by atoms with Crippen molar-refractivity contribution >= 4 is 5.97 Å². The van der Waals surface area contributed by atoms with Crippen LogP contribution in [-0.2, 0) is 4.79 Å². The van der Waals surface area contributed by atoms with Gasteiger partial charge in [-0.05, 0) is 14.0 Å². The second-order valence-electron chi connectivity index (χ2n) is 4.54. The van der Waals surface area contributed by atoms with Gasteiger partial charge in [0.1, 0.15) is 0 Å². The predicted octanol–water partition coefficient (Wildman–Crippen LogP) is 0.885. The van der Waals surface area contributed by atoms with Crippen LogP contribution in [-0.4, -0.2) is 66.3 Å². The number of rotatable bonds is 3. The number of alkyl halides is 3. The highest BCUT2D eigenvalue weighted by atomic mass is 19.4. The van der Waals surface area contributed by atoms with Gasteiger partial charge in [0.2, 0.25) is 0 Å². The van der Waals surface area contributed by atoms with Crippen LogP contribution in [0.15, 0.2) is 0 Å². The Morgan fingerprint density at radius 1 is 1.47 bits per heavy atom. The summed E-state index contributed by atoms with van der Waals surface area (Å²) in [4.78, 5) is 14.2. The molecule has 4 nitrogen and oxygen atoms in total. The third-order valence-electron chi connectivity index (χ3n) is 3.08. The maximum atomic E-state index is 12.5. The minimum Gasteiger partial charge on any atom is -0.481 e. The third-order valence-corrected chi connectivity index (χ3v) is 3.08. The maximum Gasteiger partial charge on any atom is 0.403 e. The van der Waals surface area contributed by atoms with Crippen LogP contribution >= 0.6 is 0 Å². The fourth-order valence-electron chi connectivity index (χ4n) is 2.00. The van der Waals surface area contributed by atoms with Gasteiger partial charge in [0.25, 0.3) is 0 Å². The van der Waals surface area contributed by atoms with Gasteiger partial charge in [-0.1, -0.05) is 0 Å². The predicted molar refractivity (Wildman–Crippen MR) is 55.7 cm³/mol. The van der Waals surface area contributed by atoms with Crippen LogP contribution in [0, 0.1) is 5.92 Å². The summed E-state index contributed by atoms with van der Waals surface area (Å²) in [6.07, 6.45) is -4.69. The van der Waals surface area contributed by atoms with Gasteiger partial charge in [-0.2, -0.15) is 13.2 Å². The fourth-order valence-corrected chi connectivity index (χ4v) is 2.00. The lowest BCUT2D eigenvalue weighted by atomic mass is 10.1. The van der Waals surface area contributed by atoms with Crippen molar-refractivity contribution in [2.45, 2.75) is 19.1 Å². The minimum absolute atomic E-state index is 0.0575. The number of piperazine rings is 1. The summed E-state index contributed by atoms with van der Waals surface area (Å²) in [5, 5.41) is 8.62. The number of nitrogens with zero attached hydrogens (tertiary/aromatic N) is 2. The third kappa shape index (κ3) is 3.85. The zero-order valence-corrected chi connectivity index (χ0v) is 9.87. The fraction of sp³-hybridized carbons (Fsp3) is 0.900. The largest absolute Gasteiger partial charge is 0.481 e. The Hall–Kier alpha value is -0.820. The molecule has 2 atom stereocenters. The van der Waals surface area contributed by atoms with Crippen LogP contribution in [0.4, 0.5) is 13.2 Å². The first-order chi connectivity index (χ1) is 7.71. The maximum absolute atomic E-state index is 12.5. The van der Waals surface area contributed by atoms with E-state index in [2.05, 4.69) is 0 Å². The topological polar surface area (TPSA) is 43.8 Å². The van der Waals surface area contributed by atoms with Gasteiger partial charge in [0, 0.05) is 32.2 Å². The van der Waals surface area contributed by atoms with Crippen molar-refractivity contribution in [1.82, 2.24) is 9.80 Å². The van der Waals surface area contributed by atoms with E-state index in [-0.39, 0.29) is 6.04 Å². The molecule has 0 spiro atoms. The molecular formula is C10H17F3N2O2. The number of halogens is 3. The summed E-state index contributed by atoms with van der Waals surface area (Å²) in [6.45, 7) is 3.13. The summed E-state index contributed by atoms with van der Waals surface area (Å²) in [6, 6.07) is -0.0575. The molecule has 2 unspecified atom stereocenters. The molecule has 0 radical (unpaired) electrons. The Balaban J connectivity index is 2.65. The monoisotopic (exact) mass is 254 g/mol. The lowest BCUT2D eigenvalue weighted by molar-refractivity contribution is -0.198. The van der Waals surface area contributed by atoms with E-state index in [1.165, 1.54) is 0 Å². The van der Waals surface area contributed by atoms with Crippen LogP contribution in [0.1, 0.15) is 6.92 Å². The number of carboxylic acid groups (broad SMARTS) is 1. The Morgan fingerprint density at radius 3 is 2.47 bits per heavy atom. The summed E-state index contributed by atoms with van der Waals surface area (Å²) in [5.74, 6) is -4.10. The molecule has 0 bridgehead atoms. The van der Waals surface area contributed by atoms with E-state index >= 15 is 0 Å². The van der Waals surface area contributed by atoms with Crippen LogP contribution in [0.2, 0.25) is 0 Å². The Bertz CT molecular complexity index is 283. The molecule has 0 aromatic heterocycles. The molecule has 0 aromatic carbocycles. The zero-order valence-electron chi connectivity index (χ0n) is 9.87. The van der Waals surface area contributed by atoms with E-state index in [0.29, 0.717) is 19.6 Å². The van der Waals surface area contributed by atoms with E-state index in [9.17, 15) is 18.0 Å². The molecule has 0 aromatic rings.